The predicted molar refractivity (Wildman–Crippen MR) is 112 cm³/mol. The third kappa shape index (κ3) is 5.07. The van der Waals surface area contributed by atoms with Crippen LogP contribution >= 0.6 is 0 Å². The van der Waals surface area contributed by atoms with Gasteiger partial charge in [0.2, 0.25) is 22.7 Å². The van der Waals surface area contributed by atoms with Crippen molar-refractivity contribution in [3.63, 3.8) is 0 Å². The molecular weight excluding hydrogens is 420 g/mol. The van der Waals surface area contributed by atoms with Crippen LogP contribution in [0, 0.1) is 6.92 Å². The summed E-state index contributed by atoms with van der Waals surface area (Å²) < 4.78 is 44.2. The van der Waals surface area contributed by atoms with E-state index in [1.54, 1.807) is 36.4 Å². The highest BCUT2D eigenvalue weighted by Gasteiger charge is 2.25. The van der Waals surface area contributed by atoms with Gasteiger partial charge in [-0.1, -0.05) is 23.8 Å². The Kier molecular flexibility index (Phi) is 5.97. The smallest absolute Gasteiger partial charge is 0.241 e. The van der Waals surface area contributed by atoms with Crippen molar-refractivity contribution < 1.29 is 27.1 Å². The van der Waals surface area contributed by atoms with E-state index < -0.39 is 16.1 Å². The zero-order valence-corrected chi connectivity index (χ0v) is 17.6. The molecule has 0 fully saturated rings. The number of amides is 1. The number of nitrogens with one attached hydrogen (secondary N) is 2. The Morgan fingerprint density at radius 1 is 1.06 bits per heavy atom. The summed E-state index contributed by atoms with van der Waals surface area (Å²) in [6, 6.07) is 14.3. The van der Waals surface area contributed by atoms with E-state index in [1.165, 1.54) is 18.4 Å². The van der Waals surface area contributed by atoms with E-state index in [2.05, 4.69) is 10.0 Å². The molecule has 0 aliphatic carbocycles. The Morgan fingerprint density at radius 2 is 1.84 bits per heavy atom. The SMILES string of the molecule is Cc1ccc(S(=O)(=O)N[C@@H](CC(=O)NCc2ccc3c(c2)OCO3)c2ccco2)cc1. The molecule has 0 radical (unpaired) electrons. The number of aryl methyl sites for hydroxylation is 1. The molecule has 1 aliphatic rings. The zero-order chi connectivity index (χ0) is 21.8. The van der Waals surface area contributed by atoms with E-state index in [0.29, 0.717) is 17.3 Å². The van der Waals surface area contributed by atoms with Crippen molar-refractivity contribution in [2.24, 2.45) is 0 Å². The number of sulfonamides is 1. The van der Waals surface area contributed by atoms with Crippen LogP contribution in [0.1, 0.15) is 29.3 Å². The monoisotopic (exact) mass is 442 g/mol. The van der Waals surface area contributed by atoms with Crippen LogP contribution in [0.25, 0.3) is 0 Å². The van der Waals surface area contributed by atoms with Gasteiger partial charge in [0.15, 0.2) is 11.5 Å². The van der Waals surface area contributed by atoms with Crippen LogP contribution in [0.4, 0.5) is 0 Å². The summed E-state index contributed by atoms with van der Waals surface area (Å²) in [5, 5.41) is 2.80. The molecule has 3 aromatic rings. The predicted octanol–water partition coefficient (Wildman–Crippen LogP) is 3.04. The number of furan rings is 1. The highest BCUT2D eigenvalue weighted by molar-refractivity contribution is 7.89. The number of benzene rings is 2. The maximum Gasteiger partial charge on any atom is 0.241 e. The van der Waals surface area contributed by atoms with Crippen molar-refractivity contribution in [2.45, 2.75) is 30.8 Å². The Balaban J connectivity index is 1.43. The number of ether oxygens (including phenoxy) is 2. The van der Waals surface area contributed by atoms with E-state index >= 15 is 0 Å². The molecule has 0 saturated carbocycles. The fraction of sp³-hybridized carbons (Fsp3) is 0.227. The van der Waals surface area contributed by atoms with Crippen molar-refractivity contribution in [2.75, 3.05) is 6.79 Å². The van der Waals surface area contributed by atoms with Crippen LogP contribution in [0.3, 0.4) is 0 Å². The molecular formula is C22H22N2O6S. The van der Waals surface area contributed by atoms with Crippen molar-refractivity contribution in [3.8, 4) is 11.5 Å². The van der Waals surface area contributed by atoms with Crippen molar-refractivity contribution in [1.29, 1.82) is 0 Å². The lowest BCUT2D eigenvalue weighted by atomic mass is 10.1. The number of carbonyl (C=O) groups is 1. The molecule has 2 N–H and O–H groups in total. The fourth-order valence-corrected chi connectivity index (χ4v) is 4.38. The average molecular weight is 442 g/mol. The number of hydrogen-bond acceptors (Lipinski definition) is 6. The van der Waals surface area contributed by atoms with Crippen LogP contribution in [-0.4, -0.2) is 21.1 Å². The minimum Gasteiger partial charge on any atom is -0.468 e. The Hall–Kier alpha value is -3.30. The van der Waals surface area contributed by atoms with Gasteiger partial charge in [0.25, 0.3) is 0 Å². The first kappa shape index (κ1) is 21.0. The Bertz CT molecular complexity index is 1160. The molecule has 1 aliphatic heterocycles. The fourth-order valence-electron chi connectivity index (χ4n) is 3.17. The summed E-state index contributed by atoms with van der Waals surface area (Å²) >= 11 is 0. The van der Waals surface area contributed by atoms with Gasteiger partial charge in [0.1, 0.15) is 5.76 Å². The molecule has 8 nitrogen and oxygen atoms in total. The second kappa shape index (κ2) is 8.83. The summed E-state index contributed by atoms with van der Waals surface area (Å²) in [5.41, 5.74) is 1.79. The van der Waals surface area contributed by atoms with Gasteiger partial charge in [-0.05, 0) is 48.9 Å². The highest BCUT2D eigenvalue weighted by atomic mass is 32.2. The molecule has 1 amide bonds. The van der Waals surface area contributed by atoms with E-state index in [9.17, 15) is 13.2 Å². The molecule has 2 aromatic carbocycles. The summed E-state index contributed by atoms with van der Waals surface area (Å²) in [4.78, 5) is 12.7. The molecule has 2 heterocycles. The summed E-state index contributed by atoms with van der Waals surface area (Å²) in [5.74, 6) is 1.32. The zero-order valence-electron chi connectivity index (χ0n) is 16.8. The molecule has 0 unspecified atom stereocenters. The second-order valence-corrected chi connectivity index (χ2v) is 8.88. The number of rotatable bonds is 8. The van der Waals surface area contributed by atoms with Gasteiger partial charge in [0.05, 0.1) is 23.6 Å². The number of fused-ring (bicyclic) bond motifs is 1. The third-order valence-electron chi connectivity index (χ3n) is 4.83. The van der Waals surface area contributed by atoms with Crippen molar-refractivity contribution in [1.82, 2.24) is 10.0 Å². The number of carbonyl (C=O) groups excluding carboxylic acids is 1. The Morgan fingerprint density at radius 3 is 2.58 bits per heavy atom. The third-order valence-corrected chi connectivity index (χ3v) is 6.32. The first-order valence-electron chi connectivity index (χ1n) is 9.68. The second-order valence-electron chi connectivity index (χ2n) is 7.17. The van der Waals surface area contributed by atoms with Crippen molar-refractivity contribution in [3.05, 3.63) is 77.7 Å². The first-order chi connectivity index (χ1) is 14.9. The van der Waals surface area contributed by atoms with Gasteiger partial charge >= 0.3 is 0 Å². The molecule has 1 aromatic heterocycles. The molecule has 0 bridgehead atoms. The maximum absolute atomic E-state index is 12.8. The standard InChI is InChI=1S/C22H22N2O6S/c1-15-4-7-17(8-5-15)31(26,27)24-18(19-3-2-10-28-19)12-22(25)23-13-16-6-9-20-21(11-16)30-14-29-20/h2-11,18,24H,12-14H2,1H3,(H,23,25)/t18-/m0/s1. The van der Waals surface area contributed by atoms with Crippen LogP contribution in [-0.2, 0) is 21.4 Å². The molecule has 1 atom stereocenters. The molecule has 162 valence electrons. The topological polar surface area (TPSA) is 107 Å². The highest BCUT2D eigenvalue weighted by Crippen LogP contribution is 2.32. The summed E-state index contributed by atoms with van der Waals surface area (Å²) in [6.07, 6.45) is 1.32. The van der Waals surface area contributed by atoms with E-state index in [1.807, 2.05) is 13.0 Å². The van der Waals surface area contributed by atoms with Crippen LogP contribution < -0.4 is 19.5 Å². The van der Waals surface area contributed by atoms with Gasteiger partial charge in [-0.15, -0.1) is 0 Å². The quantitative estimate of drug-likeness (QED) is 0.555. The van der Waals surface area contributed by atoms with Gasteiger partial charge in [0, 0.05) is 6.54 Å². The van der Waals surface area contributed by atoms with E-state index in [-0.39, 0.29) is 30.6 Å². The molecule has 31 heavy (non-hydrogen) atoms. The molecule has 0 saturated heterocycles. The van der Waals surface area contributed by atoms with E-state index in [0.717, 1.165) is 11.1 Å². The first-order valence-corrected chi connectivity index (χ1v) is 11.2. The maximum atomic E-state index is 12.8. The van der Waals surface area contributed by atoms with Crippen LogP contribution in [0.5, 0.6) is 11.5 Å². The molecule has 0 spiro atoms. The van der Waals surface area contributed by atoms with Gasteiger partial charge < -0.3 is 19.2 Å². The lowest BCUT2D eigenvalue weighted by Gasteiger charge is -2.17. The van der Waals surface area contributed by atoms with Crippen LogP contribution in [0.15, 0.2) is 70.2 Å². The van der Waals surface area contributed by atoms with Gasteiger partial charge in [-0.3, -0.25) is 4.79 Å². The number of hydrogen-bond donors (Lipinski definition) is 2. The lowest BCUT2D eigenvalue weighted by molar-refractivity contribution is -0.121. The minimum absolute atomic E-state index is 0.121. The lowest BCUT2D eigenvalue weighted by Crippen LogP contribution is -2.33. The van der Waals surface area contributed by atoms with Gasteiger partial charge in [-0.25, -0.2) is 8.42 Å². The molecule has 9 heteroatoms. The summed E-state index contributed by atoms with van der Waals surface area (Å²) in [7, 11) is -3.84. The normalized spacial score (nSPS) is 13.7. The summed E-state index contributed by atoms with van der Waals surface area (Å²) in [6.45, 7) is 2.32. The molecule has 4 rings (SSSR count). The largest absolute Gasteiger partial charge is 0.468 e. The van der Waals surface area contributed by atoms with E-state index in [4.69, 9.17) is 13.9 Å². The minimum atomic E-state index is -3.84. The Labute approximate surface area is 180 Å². The van der Waals surface area contributed by atoms with Crippen molar-refractivity contribution >= 4 is 15.9 Å². The van der Waals surface area contributed by atoms with Gasteiger partial charge in [-0.2, -0.15) is 4.72 Å². The van der Waals surface area contributed by atoms with Crippen LogP contribution in [0.2, 0.25) is 0 Å². The average Bonchev–Trinajstić information content (AvgIpc) is 3.43.